The minimum Gasteiger partial charge on any atom is -0.435 e. The van der Waals surface area contributed by atoms with Crippen LogP contribution in [0, 0.1) is 0 Å². The molecule has 1 aliphatic carbocycles. The van der Waals surface area contributed by atoms with Crippen molar-refractivity contribution in [3.05, 3.63) is 51.7 Å². The number of alkyl halides is 2. The summed E-state index contributed by atoms with van der Waals surface area (Å²) in [5.74, 6) is -0.971. The van der Waals surface area contributed by atoms with E-state index in [4.69, 9.17) is 0 Å². The second kappa shape index (κ2) is 6.97. The van der Waals surface area contributed by atoms with Crippen molar-refractivity contribution in [3.8, 4) is 5.75 Å². The molecule has 1 aromatic carbocycles. The number of imide groups is 1. The fraction of sp³-hybridized carbons (Fsp3) is 0.316. The van der Waals surface area contributed by atoms with Gasteiger partial charge in [-0.1, -0.05) is 0 Å². The molecule has 4 rings (SSSR count). The van der Waals surface area contributed by atoms with Crippen LogP contribution in [0.2, 0.25) is 0 Å². The van der Waals surface area contributed by atoms with Crippen LogP contribution in [-0.4, -0.2) is 35.8 Å². The Morgan fingerprint density at radius 2 is 2.00 bits per heavy atom. The third-order valence-corrected chi connectivity index (χ3v) is 6.02. The van der Waals surface area contributed by atoms with Gasteiger partial charge in [-0.15, -0.1) is 11.3 Å². The monoisotopic (exact) mass is 406 g/mol. The molecule has 146 valence electrons. The molecule has 1 saturated heterocycles. The summed E-state index contributed by atoms with van der Waals surface area (Å²) in [6, 6.07) is 6.38. The highest BCUT2D eigenvalue weighted by Crippen LogP contribution is 2.42. The number of hydrogen-bond acceptors (Lipinski definition) is 5. The number of nitrogens with one attached hydrogen (secondary N) is 1. The Morgan fingerprint density at radius 3 is 2.71 bits per heavy atom. The summed E-state index contributed by atoms with van der Waals surface area (Å²) in [7, 11) is 0. The van der Waals surface area contributed by atoms with E-state index in [0.717, 1.165) is 28.2 Å². The zero-order chi connectivity index (χ0) is 19.9. The van der Waals surface area contributed by atoms with Crippen LogP contribution in [0.3, 0.4) is 0 Å². The number of carbonyl (C=O) groups is 3. The predicted octanol–water partition coefficient (Wildman–Crippen LogP) is 3.32. The van der Waals surface area contributed by atoms with E-state index in [1.165, 1.54) is 24.3 Å². The zero-order valence-electron chi connectivity index (χ0n) is 14.6. The smallest absolute Gasteiger partial charge is 0.387 e. The predicted molar refractivity (Wildman–Crippen MR) is 96.6 cm³/mol. The van der Waals surface area contributed by atoms with Gasteiger partial charge in [-0.25, -0.2) is 4.79 Å². The molecular formula is C19H16F2N2O4S. The Kier molecular flexibility index (Phi) is 4.62. The number of hydrogen-bond donors (Lipinski definition) is 1. The minimum absolute atomic E-state index is 0.0762. The summed E-state index contributed by atoms with van der Waals surface area (Å²) in [5, 5.41) is 4.68. The number of rotatable bonds is 5. The van der Waals surface area contributed by atoms with Crippen molar-refractivity contribution in [1.82, 2.24) is 10.2 Å². The normalized spacial score (nSPS) is 21.2. The molecular weight excluding hydrogens is 390 g/mol. The molecule has 0 unspecified atom stereocenters. The number of ether oxygens (including phenoxy) is 1. The lowest BCUT2D eigenvalue weighted by molar-refractivity contribution is -0.131. The lowest BCUT2D eigenvalue weighted by Gasteiger charge is -2.31. The van der Waals surface area contributed by atoms with Crippen LogP contribution in [0.25, 0.3) is 0 Å². The van der Waals surface area contributed by atoms with E-state index in [1.54, 1.807) is 11.3 Å². The van der Waals surface area contributed by atoms with E-state index in [0.29, 0.717) is 6.42 Å². The number of aryl methyl sites for hydroxylation is 1. The second-order valence-corrected chi connectivity index (χ2v) is 7.66. The van der Waals surface area contributed by atoms with Crippen LogP contribution in [0.5, 0.6) is 5.75 Å². The molecule has 0 bridgehead atoms. The van der Waals surface area contributed by atoms with Gasteiger partial charge in [0, 0.05) is 16.0 Å². The molecule has 1 spiro atoms. The molecule has 3 amide bonds. The summed E-state index contributed by atoms with van der Waals surface area (Å²) in [4.78, 5) is 40.1. The first-order valence-electron chi connectivity index (χ1n) is 8.70. The van der Waals surface area contributed by atoms with E-state index in [9.17, 15) is 23.2 Å². The van der Waals surface area contributed by atoms with Crippen molar-refractivity contribution in [2.45, 2.75) is 31.4 Å². The van der Waals surface area contributed by atoms with Crippen molar-refractivity contribution >= 4 is 29.1 Å². The van der Waals surface area contributed by atoms with Gasteiger partial charge in [0.1, 0.15) is 11.3 Å². The van der Waals surface area contributed by atoms with Gasteiger partial charge in [0.05, 0.1) is 6.54 Å². The van der Waals surface area contributed by atoms with Crippen molar-refractivity contribution in [2.24, 2.45) is 0 Å². The molecule has 2 heterocycles. The summed E-state index contributed by atoms with van der Waals surface area (Å²) < 4.78 is 28.7. The Hall–Kier alpha value is -2.81. The Morgan fingerprint density at radius 1 is 1.25 bits per heavy atom. The first-order chi connectivity index (χ1) is 13.4. The number of thiophene rings is 1. The number of fused-ring (bicyclic) bond motifs is 2. The van der Waals surface area contributed by atoms with E-state index < -0.39 is 36.4 Å². The molecule has 2 aromatic rings. The number of halogens is 2. The van der Waals surface area contributed by atoms with Gasteiger partial charge in [-0.2, -0.15) is 8.78 Å². The molecule has 1 atom stereocenters. The molecule has 1 fully saturated rings. The fourth-order valence-corrected chi connectivity index (χ4v) is 4.74. The highest BCUT2D eigenvalue weighted by atomic mass is 32.1. The van der Waals surface area contributed by atoms with Crippen LogP contribution in [0.4, 0.5) is 13.6 Å². The van der Waals surface area contributed by atoms with E-state index in [1.807, 2.05) is 11.4 Å². The third kappa shape index (κ3) is 3.05. The van der Waals surface area contributed by atoms with Crippen LogP contribution in [-0.2, 0) is 16.8 Å². The van der Waals surface area contributed by atoms with Crippen molar-refractivity contribution in [3.63, 3.8) is 0 Å². The van der Waals surface area contributed by atoms with Crippen molar-refractivity contribution in [1.29, 1.82) is 0 Å². The molecule has 1 aromatic heterocycles. The van der Waals surface area contributed by atoms with Gasteiger partial charge < -0.3 is 10.1 Å². The summed E-state index contributed by atoms with van der Waals surface area (Å²) in [6.45, 7) is -3.37. The largest absolute Gasteiger partial charge is 0.435 e. The summed E-state index contributed by atoms with van der Waals surface area (Å²) >= 11 is 1.55. The third-order valence-electron chi connectivity index (χ3n) is 5.04. The molecule has 1 aliphatic heterocycles. The Labute approximate surface area is 163 Å². The lowest BCUT2D eigenvalue weighted by Crippen LogP contribution is -2.46. The summed E-state index contributed by atoms with van der Waals surface area (Å²) in [6.07, 6.45) is 2.13. The second-order valence-electron chi connectivity index (χ2n) is 6.66. The highest BCUT2D eigenvalue weighted by molar-refractivity contribution is 7.10. The van der Waals surface area contributed by atoms with E-state index in [2.05, 4.69) is 10.1 Å². The highest BCUT2D eigenvalue weighted by Gasteiger charge is 2.54. The van der Waals surface area contributed by atoms with Crippen LogP contribution in [0.1, 0.15) is 33.6 Å². The molecule has 2 aliphatic rings. The Balaban J connectivity index is 1.52. The van der Waals surface area contributed by atoms with E-state index in [-0.39, 0.29) is 11.3 Å². The maximum atomic E-state index is 13.1. The number of nitrogens with zero attached hydrogens (tertiary/aromatic N) is 1. The van der Waals surface area contributed by atoms with Gasteiger partial charge >= 0.3 is 12.6 Å². The number of carbonyl (C=O) groups excluding carboxylic acids is 3. The topological polar surface area (TPSA) is 75.7 Å². The number of ketones is 1. The number of urea groups is 1. The molecule has 1 N–H and O–H groups in total. The molecule has 9 heteroatoms. The molecule has 0 radical (unpaired) electrons. The average Bonchev–Trinajstić information content (AvgIpc) is 3.22. The maximum absolute atomic E-state index is 13.1. The van der Waals surface area contributed by atoms with Gasteiger partial charge in [0.15, 0.2) is 5.78 Å². The van der Waals surface area contributed by atoms with Gasteiger partial charge in [0.2, 0.25) is 0 Å². The van der Waals surface area contributed by atoms with Gasteiger partial charge in [0.25, 0.3) is 5.91 Å². The molecule has 0 saturated carbocycles. The number of amides is 3. The number of Topliss-reactive ketones (excluding diaryl/α,β-unsaturated/α-hetero) is 1. The average molecular weight is 406 g/mol. The first-order valence-corrected chi connectivity index (χ1v) is 9.58. The summed E-state index contributed by atoms with van der Waals surface area (Å²) in [5.41, 5.74) is -0.0894. The molecule has 28 heavy (non-hydrogen) atoms. The SMILES string of the molecule is O=C(CN1C(=O)N[C@]2(CCCc3sccc32)C1=O)c1ccc(OC(F)F)cc1. The lowest BCUT2D eigenvalue weighted by atomic mass is 9.80. The van der Waals surface area contributed by atoms with Crippen molar-refractivity contribution in [2.75, 3.05) is 6.54 Å². The van der Waals surface area contributed by atoms with Crippen LogP contribution in [0.15, 0.2) is 35.7 Å². The first kappa shape index (κ1) is 18.5. The van der Waals surface area contributed by atoms with Crippen LogP contribution >= 0.6 is 11.3 Å². The van der Waals surface area contributed by atoms with E-state index >= 15 is 0 Å². The Bertz CT molecular complexity index is 944. The van der Waals surface area contributed by atoms with Gasteiger partial charge in [-0.05, 0) is 55.0 Å². The van der Waals surface area contributed by atoms with Crippen LogP contribution < -0.4 is 10.1 Å². The maximum Gasteiger partial charge on any atom is 0.387 e. The zero-order valence-corrected chi connectivity index (χ0v) is 15.4. The van der Waals surface area contributed by atoms with Gasteiger partial charge in [-0.3, -0.25) is 14.5 Å². The molecule has 6 nitrogen and oxygen atoms in total. The fourth-order valence-electron chi connectivity index (χ4n) is 3.74. The number of benzene rings is 1. The van der Waals surface area contributed by atoms with Crippen molar-refractivity contribution < 1.29 is 27.9 Å². The minimum atomic E-state index is -2.96. The standard InChI is InChI=1S/C19H16F2N2O4S/c20-17(21)27-12-5-3-11(4-6-12)14(24)10-23-16(25)19(22-18(23)26)8-1-2-15-13(19)7-9-28-15/h3-7,9,17H,1-2,8,10H2,(H,22,26)/t19-/m0/s1. The quantitative estimate of drug-likeness (QED) is 0.611.